The molecule has 1 aromatic heterocycles. The van der Waals surface area contributed by atoms with Gasteiger partial charge in [-0.15, -0.1) is 0 Å². The number of carbonyl (C=O) groups excluding carboxylic acids is 1. The zero-order valence-corrected chi connectivity index (χ0v) is 13.3. The number of nitrogens with zero attached hydrogens (tertiary/aromatic N) is 2. The minimum atomic E-state index is -0.832. The zero-order valence-electron chi connectivity index (χ0n) is 13.3. The van der Waals surface area contributed by atoms with Crippen LogP contribution in [0.5, 0.6) is 0 Å². The number of carbonyl (C=O) groups is 2. The van der Waals surface area contributed by atoms with Crippen molar-refractivity contribution in [1.29, 1.82) is 0 Å². The number of urea groups is 1. The molecule has 0 radical (unpaired) electrons. The fraction of sp³-hybridized carbons (Fsp3) is 0.667. The van der Waals surface area contributed by atoms with Crippen LogP contribution >= 0.6 is 0 Å². The third kappa shape index (κ3) is 3.58. The van der Waals surface area contributed by atoms with Crippen molar-refractivity contribution in [2.45, 2.75) is 39.5 Å². The topological polar surface area (TPSA) is 95.7 Å². The van der Waals surface area contributed by atoms with E-state index in [1.807, 2.05) is 20.8 Å². The number of nitrogens with one attached hydrogen (secondary N) is 1. The number of hydrogen-bond acceptors (Lipinski definition) is 4. The molecule has 2 N–H and O–H groups in total. The highest BCUT2D eigenvalue weighted by Gasteiger charge is 2.28. The van der Waals surface area contributed by atoms with Crippen LogP contribution in [0, 0.1) is 19.8 Å². The van der Waals surface area contributed by atoms with E-state index in [1.54, 1.807) is 4.90 Å². The van der Waals surface area contributed by atoms with Gasteiger partial charge in [-0.25, -0.2) is 4.79 Å². The van der Waals surface area contributed by atoms with Crippen LogP contribution in [0.25, 0.3) is 0 Å². The molecule has 0 aliphatic carbocycles. The summed E-state index contributed by atoms with van der Waals surface area (Å²) in [5.41, 5.74) is 1.85. The van der Waals surface area contributed by atoms with Crippen LogP contribution in [0.3, 0.4) is 0 Å². The normalized spacial score (nSPS) is 19.8. The molecule has 2 unspecified atom stereocenters. The fourth-order valence-electron chi connectivity index (χ4n) is 3.01. The monoisotopic (exact) mass is 309 g/mol. The lowest BCUT2D eigenvalue weighted by Gasteiger charge is -2.31. The summed E-state index contributed by atoms with van der Waals surface area (Å²) in [6, 6.07) is -0.204. The quantitative estimate of drug-likeness (QED) is 0.885. The van der Waals surface area contributed by atoms with Crippen LogP contribution in [-0.2, 0) is 4.79 Å². The Morgan fingerprint density at radius 3 is 2.82 bits per heavy atom. The van der Waals surface area contributed by atoms with E-state index in [2.05, 4.69) is 10.5 Å². The van der Waals surface area contributed by atoms with Crippen molar-refractivity contribution < 1.29 is 19.2 Å². The first-order valence-corrected chi connectivity index (χ1v) is 7.58. The number of piperidine rings is 1. The second-order valence-electron chi connectivity index (χ2n) is 5.95. The molecule has 7 heteroatoms. The van der Waals surface area contributed by atoms with Crippen molar-refractivity contribution in [2.24, 2.45) is 5.92 Å². The first-order chi connectivity index (χ1) is 10.4. The maximum Gasteiger partial charge on any atom is 0.317 e. The van der Waals surface area contributed by atoms with Gasteiger partial charge in [0.15, 0.2) is 0 Å². The van der Waals surface area contributed by atoms with Gasteiger partial charge in [-0.05, 0) is 26.7 Å². The van der Waals surface area contributed by atoms with Crippen molar-refractivity contribution in [2.75, 3.05) is 19.6 Å². The van der Waals surface area contributed by atoms with Crippen LogP contribution in [-0.4, -0.2) is 46.8 Å². The van der Waals surface area contributed by atoms with Crippen LogP contribution in [0.4, 0.5) is 4.79 Å². The number of hydrogen-bond donors (Lipinski definition) is 2. The molecular formula is C15H23N3O4. The number of likely N-dealkylation sites (tertiary alicyclic amines) is 1. The molecule has 0 aromatic carbocycles. The number of aliphatic carboxylic acids is 1. The third-order valence-corrected chi connectivity index (χ3v) is 4.20. The molecule has 2 rings (SSSR count). The predicted molar refractivity (Wildman–Crippen MR) is 79.7 cm³/mol. The zero-order chi connectivity index (χ0) is 16.3. The molecule has 1 fully saturated rings. The number of amides is 2. The number of aromatic nitrogens is 1. The summed E-state index contributed by atoms with van der Waals surface area (Å²) in [5, 5.41) is 15.9. The SMILES string of the molecule is Cc1noc(C)c1C(C)CNC(=O)N1CCCC(C(=O)O)C1. The molecular weight excluding hydrogens is 286 g/mol. The van der Waals surface area contributed by atoms with Crippen molar-refractivity contribution in [3.05, 3.63) is 17.0 Å². The minimum Gasteiger partial charge on any atom is -0.481 e. The molecule has 122 valence electrons. The Bertz CT molecular complexity index is 535. The van der Waals surface area contributed by atoms with Crippen LogP contribution in [0.15, 0.2) is 4.52 Å². The lowest BCUT2D eigenvalue weighted by Crippen LogP contribution is -2.47. The molecule has 1 aliphatic heterocycles. The van der Waals surface area contributed by atoms with E-state index in [9.17, 15) is 9.59 Å². The van der Waals surface area contributed by atoms with E-state index >= 15 is 0 Å². The Balaban J connectivity index is 1.88. The van der Waals surface area contributed by atoms with Gasteiger partial charge >= 0.3 is 12.0 Å². The Hall–Kier alpha value is -2.05. The molecule has 22 heavy (non-hydrogen) atoms. The summed E-state index contributed by atoms with van der Waals surface area (Å²) in [6.07, 6.45) is 1.36. The van der Waals surface area contributed by atoms with Crippen molar-refractivity contribution in [1.82, 2.24) is 15.4 Å². The predicted octanol–water partition coefficient (Wildman–Crippen LogP) is 1.90. The average Bonchev–Trinajstić information content (AvgIpc) is 2.83. The Morgan fingerprint density at radius 2 is 2.23 bits per heavy atom. The van der Waals surface area contributed by atoms with E-state index < -0.39 is 11.9 Å². The Morgan fingerprint density at radius 1 is 1.50 bits per heavy atom. The average molecular weight is 309 g/mol. The highest BCUT2D eigenvalue weighted by molar-refractivity contribution is 5.76. The third-order valence-electron chi connectivity index (χ3n) is 4.20. The maximum absolute atomic E-state index is 12.2. The van der Waals surface area contributed by atoms with Gasteiger partial charge in [0.1, 0.15) is 5.76 Å². The molecule has 2 heterocycles. The maximum atomic E-state index is 12.2. The van der Waals surface area contributed by atoms with Crippen LogP contribution < -0.4 is 5.32 Å². The standard InChI is InChI=1S/C15H23N3O4/c1-9(13-10(2)17-22-11(13)3)7-16-15(21)18-6-4-5-12(8-18)14(19)20/h9,12H,4-8H2,1-3H3,(H,16,21)(H,19,20). The van der Waals surface area contributed by atoms with Crippen molar-refractivity contribution in [3.63, 3.8) is 0 Å². The first kappa shape index (κ1) is 16.3. The van der Waals surface area contributed by atoms with Crippen LogP contribution in [0.2, 0.25) is 0 Å². The van der Waals surface area contributed by atoms with E-state index in [-0.39, 0.29) is 18.5 Å². The van der Waals surface area contributed by atoms with E-state index in [0.29, 0.717) is 19.5 Å². The van der Waals surface area contributed by atoms with Gasteiger partial charge in [-0.1, -0.05) is 12.1 Å². The van der Waals surface area contributed by atoms with Gasteiger partial charge < -0.3 is 19.8 Å². The van der Waals surface area contributed by atoms with Gasteiger partial charge in [0.05, 0.1) is 11.6 Å². The second kappa shape index (κ2) is 6.81. The lowest BCUT2D eigenvalue weighted by molar-refractivity contribution is -0.143. The smallest absolute Gasteiger partial charge is 0.317 e. The molecule has 1 aliphatic rings. The number of carboxylic acids is 1. The molecule has 0 spiro atoms. The second-order valence-corrected chi connectivity index (χ2v) is 5.95. The summed E-state index contributed by atoms with van der Waals surface area (Å²) < 4.78 is 5.14. The largest absolute Gasteiger partial charge is 0.481 e. The van der Waals surface area contributed by atoms with E-state index in [0.717, 1.165) is 23.4 Å². The number of aryl methyl sites for hydroxylation is 2. The molecule has 2 atom stereocenters. The van der Waals surface area contributed by atoms with Gasteiger partial charge in [-0.3, -0.25) is 4.79 Å². The molecule has 2 amide bonds. The van der Waals surface area contributed by atoms with Gasteiger partial charge in [0, 0.05) is 31.1 Å². The molecule has 0 bridgehead atoms. The molecule has 1 aromatic rings. The molecule has 1 saturated heterocycles. The summed E-state index contributed by atoms with van der Waals surface area (Å²) in [6.45, 7) is 7.09. The van der Waals surface area contributed by atoms with Crippen LogP contribution in [0.1, 0.15) is 42.7 Å². The summed E-state index contributed by atoms with van der Waals surface area (Å²) >= 11 is 0. The molecule has 7 nitrogen and oxygen atoms in total. The van der Waals surface area contributed by atoms with Gasteiger partial charge in [-0.2, -0.15) is 0 Å². The summed E-state index contributed by atoms with van der Waals surface area (Å²) in [5.74, 6) is -0.431. The van der Waals surface area contributed by atoms with E-state index in [4.69, 9.17) is 9.63 Å². The highest BCUT2D eigenvalue weighted by atomic mass is 16.5. The van der Waals surface area contributed by atoms with Crippen molar-refractivity contribution in [3.8, 4) is 0 Å². The van der Waals surface area contributed by atoms with E-state index in [1.165, 1.54) is 0 Å². The highest BCUT2D eigenvalue weighted by Crippen LogP contribution is 2.22. The lowest BCUT2D eigenvalue weighted by atomic mass is 9.98. The van der Waals surface area contributed by atoms with Gasteiger partial charge in [0.25, 0.3) is 0 Å². The molecule has 0 saturated carbocycles. The minimum absolute atomic E-state index is 0.0928. The Kier molecular flexibility index (Phi) is 5.05. The van der Waals surface area contributed by atoms with Gasteiger partial charge in [0.2, 0.25) is 0 Å². The fourth-order valence-corrected chi connectivity index (χ4v) is 3.01. The first-order valence-electron chi connectivity index (χ1n) is 7.58. The summed E-state index contributed by atoms with van der Waals surface area (Å²) in [4.78, 5) is 24.8. The number of carboxylic acid groups (broad SMARTS) is 1. The Labute approximate surface area is 129 Å². The number of rotatable bonds is 4. The van der Waals surface area contributed by atoms with Crippen molar-refractivity contribution >= 4 is 12.0 Å². The summed E-state index contributed by atoms with van der Waals surface area (Å²) in [7, 11) is 0.